The predicted octanol–water partition coefficient (Wildman–Crippen LogP) is 5.23. The molecule has 7 aliphatic rings. The van der Waals surface area contributed by atoms with Crippen molar-refractivity contribution >= 4 is 23.9 Å². The van der Waals surface area contributed by atoms with Crippen LogP contribution in [0.2, 0.25) is 0 Å². The number of amides is 2. The van der Waals surface area contributed by atoms with E-state index in [2.05, 4.69) is 37.5 Å². The summed E-state index contributed by atoms with van der Waals surface area (Å²) in [5, 5.41) is 14.4. The number of hydrogen-bond donors (Lipinski definition) is 3. The monoisotopic (exact) mass is 702 g/mol. The lowest BCUT2D eigenvalue weighted by atomic mass is 9.52. The molecule has 2 aliphatic heterocycles. The summed E-state index contributed by atoms with van der Waals surface area (Å²) in [6, 6.07) is 7.69. The standard InChI is InChI=1S/C41H54N2O8/c1-39(2)23-30-26(8-13-34-40(3,50-34)16-14-31(30)39)20-24-4-6-25(7-5-24)38(47)48-32-21-27(37(46)43-17-15-35(45)42-18-19-44)22-33-36(32)51-41(49-33,28-9-10-28)29-11-12-29/h4-7,20,22,28-34,36,44H,8-19,21,23H2,1-3H3,(H,42,45)(H,43,46)/t30-,31-,32-,33-,34?,36+,40-/m1/s1. The van der Waals surface area contributed by atoms with E-state index in [1.54, 1.807) is 0 Å². The molecule has 276 valence electrons. The zero-order chi connectivity index (χ0) is 35.5. The SMILES string of the molecule is CC1(C)C[C@@H]2C(=Cc3ccc(C(=O)O[C@@H]4CC(C(=O)NCCC(=O)NCCO)=C[C@H]5OC(C6CC6)(C6CC6)O[C@H]54)cc3)CCC3O[C@]3(C)CC[C@H]21. The van der Waals surface area contributed by atoms with Crippen LogP contribution in [0.15, 0.2) is 41.5 Å². The molecule has 1 unspecified atom stereocenters. The van der Waals surface area contributed by atoms with Crippen LogP contribution in [0.4, 0.5) is 0 Å². The fourth-order valence-corrected chi connectivity index (χ4v) is 9.60. The van der Waals surface area contributed by atoms with Gasteiger partial charge in [0.2, 0.25) is 11.8 Å². The molecule has 3 N–H and O–H groups in total. The summed E-state index contributed by atoms with van der Waals surface area (Å²) in [5.74, 6) is 0.196. The minimum absolute atomic E-state index is 0.0539. The third kappa shape index (κ3) is 7.06. The maximum absolute atomic E-state index is 13.7. The highest BCUT2D eigenvalue weighted by molar-refractivity contribution is 5.94. The molecule has 1 aromatic rings. The largest absolute Gasteiger partial charge is 0.456 e. The van der Waals surface area contributed by atoms with E-state index < -0.39 is 30.1 Å². The molecule has 4 saturated carbocycles. The molecule has 5 aliphatic carbocycles. The molecule has 6 fully saturated rings. The van der Waals surface area contributed by atoms with Gasteiger partial charge in [0.25, 0.3) is 0 Å². The maximum Gasteiger partial charge on any atom is 0.338 e. The number of allylic oxidation sites excluding steroid dienone is 1. The average Bonchev–Trinajstić information content (AvgIpc) is 4.01. The van der Waals surface area contributed by atoms with E-state index in [-0.39, 0.29) is 50.0 Å². The second-order valence-corrected chi connectivity index (χ2v) is 17.1. The lowest BCUT2D eigenvalue weighted by Crippen LogP contribution is -2.45. The first kappa shape index (κ1) is 35.0. The molecule has 0 aromatic heterocycles. The minimum atomic E-state index is -0.699. The Bertz CT molecular complexity index is 1580. The fourth-order valence-electron chi connectivity index (χ4n) is 9.60. The Morgan fingerprint density at radius 2 is 1.69 bits per heavy atom. The van der Waals surface area contributed by atoms with Crippen LogP contribution in [0, 0.1) is 29.1 Å². The summed E-state index contributed by atoms with van der Waals surface area (Å²) < 4.78 is 25.8. The van der Waals surface area contributed by atoms with Gasteiger partial charge in [-0.25, -0.2) is 4.79 Å². The highest BCUT2D eigenvalue weighted by Gasteiger charge is 2.64. The van der Waals surface area contributed by atoms with Crippen LogP contribution in [-0.4, -0.2) is 78.4 Å². The Kier molecular flexibility index (Phi) is 9.21. The number of aliphatic hydroxyl groups is 1. The molecule has 2 saturated heterocycles. The normalized spacial score (nSPS) is 35.4. The number of hydrogen-bond acceptors (Lipinski definition) is 8. The van der Waals surface area contributed by atoms with Crippen molar-refractivity contribution in [1.29, 1.82) is 0 Å². The summed E-state index contributed by atoms with van der Waals surface area (Å²) in [4.78, 5) is 39.0. The van der Waals surface area contributed by atoms with Crippen LogP contribution in [0.5, 0.6) is 0 Å². The molecule has 51 heavy (non-hydrogen) atoms. The van der Waals surface area contributed by atoms with Crippen molar-refractivity contribution in [3.63, 3.8) is 0 Å². The first-order valence-electron chi connectivity index (χ1n) is 19.4. The van der Waals surface area contributed by atoms with Crippen LogP contribution in [0.1, 0.15) is 107 Å². The Hall–Kier alpha value is -3.05. The van der Waals surface area contributed by atoms with Crippen molar-refractivity contribution in [2.45, 2.75) is 127 Å². The molecule has 1 aromatic carbocycles. The zero-order valence-corrected chi connectivity index (χ0v) is 30.3. The molecule has 0 bridgehead atoms. The van der Waals surface area contributed by atoms with Crippen LogP contribution in [0.3, 0.4) is 0 Å². The summed E-state index contributed by atoms with van der Waals surface area (Å²) in [5.41, 5.74) is 3.90. The van der Waals surface area contributed by atoms with Crippen LogP contribution >= 0.6 is 0 Å². The highest BCUT2D eigenvalue weighted by Crippen LogP contribution is 2.61. The topological polar surface area (TPSA) is 136 Å². The first-order chi connectivity index (χ1) is 24.5. The molecule has 0 spiro atoms. The first-order valence-corrected chi connectivity index (χ1v) is 19.4. The Labute approximate surface area is 301 Å². The Morgan fingerprint density at radius 1 is 0.941 bits per heavy atom. The molecule has 8 rings (SSSR count). The van der Waals surface area contributed by atoms with Crippen LogP contribution < -0.4 is 10.6 Å². The van der Waals surface area contributed by atoms with E-state index in [0.717, 1.165) is 50.5 Å². The summed E-state index contributed by atoms with van der Waals surface area (Å²) in [6.45, 7) is 7.26. The van der Waals surface area contributed by atoms with Crippen molar-refractivity contribution in [3.8, 4) is 0 Å². The second-order valence-electron chi connectivity index (χ2n) is 17.1. The Morgan fingerprint density at radius 3 is 2.37 bits per heavy atom. The second kappa shape index (κ2) is 13.4. The van der Waals surface area contributed by atoms with E-state index in [4.69, 9.17) is 24.1 Å². The van der Waals surface area contributed by atoms with E-state index in [0.29, 0.717) is 46.3 Å². The fraction of sp³-hybridized carbons (Fsp3) is 0.683. The van der Waals surface area contributed by atoms with Crippen LogP contribution in [0.25, 0.3) is 6.08 Å². The van der Waals surface area contributed by atoms with Gasteiger partial charge in [-0.1, -0.05) is 37.6 Å². The van der Waals surface area contributed by atoms with Gasteiger partial charge in [0.05, 0.1) is 23.9 Å². The van der Waals surface area contributed by atoms with Crippen molar-refractivity contribution in [2.24, 2.45) is 29.1 Å². The van der Waals surface area contributed by atoms with E-state index in [1.165, 1.54) is 18.4 Å². The third-order valence-electron chi connectivity index (χ3n) is 12.9. The van der Waals surface area contributed by atoms with Gasteiger partial charge < -0.3 is 34.7 Å². The number of nitrogens with one attached hydrogen (secondary N) is 2. The van der Waals surface area contributed by atoms with Gasteiger partial charge in [0, 0.05) is 43.3 Å². The summed E-state index contributed by atoms with van der Waals surface area (Å²) in [6.07, 6.45) is 12.9. The predicted molar refractivity (Wildman–Crippen MR) is 189 cm³/mol. The zero-order valence-electron chi connectivity index (χ0n) is 30.3. The molecule has 7 atom stereocenters. The molecule has 2 amide bonds. The smallest absolute Gasteiger partial charge is 0.338 e. The number of aliphatic hydroxyl groups excluding tert-OH is 1. The number of carbonyl (C=O) groups is 3. The molecular formula is C41H54N2O8. The summed E-state index contributed by atoms with van der Waals surface area (Å²) >= 11 is 0. The molecular weight excluding hydrogens is 648 g/mol. The lowest BCUT2D eigenvalue weighted by molar-refractivity contribution is -0.209. The average molecular weight is 703 g/mol. The quantitative estimate of drug-likeness (QED) is 0.211. The van der Waals surface area contributed by atoms with Crippen molar-refractivity contribution in [2.75, 3.05) is 19.7 Å². The molecule has 0 radical (unpaired) electrons. The van der Waals surface area contributed by atoms with Crippen molar-refractivity contribution in [1.82, 2.24) is 10.6 Å². The van der Waals surface area contributed by atoms with Crippen molar-refractivity contribution in [3.05, 3.63) is 52.6 Å². The van der Waals surface area contributed by atoms with E-state index >= 15 is 0 Å². The Balaban J connectivity index is 0.956. The number of epoxide rings is 1. The number of rotatable bonds is 11. The lowest BCUT2D eigenvalue weighted by Gasteiger charge is -2.53. The van der Waals surface area contributed by atoms with Gasteiger partial charge >= 0.3 is 5.97 Å². The van der Waals surface area contributed by atoms with Gasteiger partial charge in [-0.2, -0.15) is 0 Å². The van der Waals surface area contributed by atoms with Gasteiger partial charge in [0.1, 0.15) is 18.3 Å². The van der Waals surface area contributed by atoms with Gasteiger partial charge in [-0.05, 0) is 106 Å². The number of benzene rings is 1. The molecule has 10 heteroatoms. The number of carbonyl (C=O) groups excluding carboxylic acids is 3. The summed E-state index contributed by atoms with van der Waals surface area (Å²) in [7, 11) is 0. The number of ether oxygens (including phenoxy) is 4. The van der Waals surface area contributed by atoms with Gasteiger partial charge in [-0.15, -0.1) is 0 Å². The number of esters is 1. The van der Waals surface area contributed by atoms with Crippen LogP contribution in [-0.2, 0) is 28.5 Å². The van der Waals surface area contributed by atoms with E-state index in [1.807, 2.05) is 30.3 Å². The minimum Gasteiger partial charge on any atom is -0.456 e. The van der Waals surface area contributed by atoms with E-state index in [9.17, 15) is 14.4 Å². The molecule has 10 nitrogen and oxygen atoms in total. The maximum atomic E-state index is 13.7. The number of fused-ring (bicyclic) bond motifs is 3. The van der Waals surface area contributed by atoms with Crippen molar-refractivity contribution < 1.29 is 38.4 Å². The van der Waals surface area contributed by atoms with Gasteiger partial charge in [-0.3, -0.25) is 9.59 Å². The highest BCUT2D eigenvalue weighted by atomic mass is 16.8. The molecule has 2 heterocycles. The van der Waals surface area contributed by atoms with Gasteiger partial charge in [0.15, 0.2) is 5.79 Å². The third-order valence-corrected chi connectivity index (χ3v) is 12.9.